The summed E-state index contributed by atoms with van der Waals surface area (Å²) >= 11 is 7.33. The van der Waals surface area contributed by atoms with Gasteiger partial charge >= 0.3 is 0 Å². The second-order valence-corrected chi connectivity index (χ2v) is 4.12. The van der Waals surface area contributed by atoms with Crippen molar-refractivity contribution in [1.82, 2.24) is 4.98 Å². The van der Waals surface area contributed by atoms with E-state index in [2.05, 4.69) is 4.98 Å². The van der Waals surface area contributed by atoms with Gasteiger partial charge in [0.15, 0.2) is 0 Å². The first-order valence-corrected chi connectivity index (χ1v) is 5.48. The summed E-state index contributed by atoms with van der Waals surface area (Å²) in [5.41, 5.74) is 8.12. The molecule has 0 radical (unpaired) electrons. The van der Waals surface area contributed by atoms with E-state index in [4.69, 9.17) is 17.3 Å². The maximum Gasteiger partial charge on any atom is 0.129 e. The molecule has 0 aliphatic rings. The predicted octanol–water partition coefficient (Wildman–Crippen LogP) is 2.84. The van der Waals surface area contributed by atoms with Gasteiger partial charge in [-0.2, -0.15) is 11.3 Å². The Balaban J connectivity index is 2.28. The molecule has 2 N–H and O–H groups in total. The van der Waals surface area contributed by atoms with Crippen LogP contribution in [0.2, 0.25) is 5.15 Å². The Hall–Kier alpha value is -0.900. The monoisotopic (exact) mass is 224 g/mol. The molecule has 0 saturated carbocycles. The second kappa shape index (κ2) is 4.09. The largest absolute Gasteiger partial charge is 0.320 e. The molecule has 2 rings (SSSR count). The molecule has 0 aliphatic heterocycles. The van der Waals surface area contributed by atoms with Gasteiger partial charge in [-0.3, -0.25) is 0 Å². The number of nitrogens with zero attached hydrogens (tertiary/aromatic N) is 1. The Kier molecular flexibility index (Phi) is 2.82. The van der Waals surface area contributed by atoms with Crippen molar-refractivity contribution in [2.75, 3.05) is 0 Å². The molecule has 0 bridgehead atoms. The van der Waals surface area contributed by atoms with Crippen LogP contribution in [-0.2, 0) is 0 Å². The van der Waals surface area contributed by atoms with Crippen LogP contribution in [0.5, 0.6) is 0 Å². The van der Waals surface area contributed by atoms with Crippen molar-refractivity contribution >= 4 is 22.9 Å². The molecular formula is C10H9ClN2S. The molecule has 72 valence electrons. The second-order valence-electron chi connectivity index (χ2n) is 2.95. The van der Waals surface area contributed by atoms with Gasteiger partial charge in [-0.25, -0.2) is 4.98 Å². The van der Waals surface area contributed by atoms with Crippen LogP contribution in [0.3, 0.4) is 0 Å². The van der Waals surface area contributed by atoms with Gasteiger partial charge in [0.2, 0.25) is 0 Å². The summed E-state index contributed by atoms with van der Waals surface area (Å²) in [4.78, 5) is 4.00. The number of halogens is 1. The van der Waals surface area contributed by atoms with Crippen LogP contribution < -0.4 is 5.73 Å². The van der Waals surface area contributed by atoms with E-state index in [1.807, 2.05) is 22.9 Å². The van der Waals surface area contributed by atoms with Crippen LogP contribution in [-0.4, -0.2) is 4.98 Å². The maximum absolute atomic E-state index is 6.03. The Morgan fingerprint density at radius 3 is 2.71 bits per heavy atom. The van der Waals surface area contributed by atoms with Gasteiger partial charge in [0.05, 0.1) is 6.04 Å². The van der Waals surface area contributed by atoms with E-state index in [0.29, 0.717) is 5.15 Å². The molecule has 0 saturated heterocycles. The van der Waals surface area contributed by atoms with Gasteiger partial charge in [-0.15, -0.1) is 0 Å². The van der Waals surface area contributed by atoms with Crippen LogP contribution >= 0.6 is 22.9 Å². The minimum Gasteiger partial charge on any atom is -0.320 e. The van der Waals surface area contributed by atoms with E-state index in [1.54, 1.807) is 23.6 Å². The van der Waals surface area contributed by atoms with E-state index in [-0.39, 0.29) is 6.04 Å². The fourth-order valence-electron chi connectivity index (χ4n) is 1.22. The van der Waals surface area contributed by atoms with Gasteiger partial charge < -0.3 is 5.73 Å². The van der Waals surface area contributed by atoms with Crippen LogP contribution in [0.15, 0.2) is 35.2 Å². The summed E-state index contributed by atoms with van der Waals surface area (Å²) in [6.45, 7) is 0. The van der Waals surface area contributed by atoms with Crippen LogP contribution in [0.25, 0.3) is 0 Å². The fourth-order valence-corrected chi connectivity index (χ4v) is 2.02. The lowest BCUT2D eigenvalue weighted by molar-refractivity contribution is 0.868. The fraction of sp³-hybridized carbons (Fsp3) is 0.100. The molecule has 0 unspecified atom stereocenters. The smallest absolute Gasteiger partial charge is 0.129 e. The standard InChI is InChI=1S/C10H9ClN2S/c11-9-2-1-7(5-13-9)10(12)8-3-4-14-6-8/h1-6,10H,12H2/t10-/m0/s1. The minimum absolute atomic E-state index is 0.106. The first kappa shape index (κ1) is 9.65. The van der Waals surface area contributed by atoms with Crippen LogP contribution in [0, 0.1) is 0 Å². The van der Waals surface area contributed by atoms with Gasteiger partial charge in [0.1, 0.15) is 5.15 Å². The zero-order chi connectivity index (χ0) is 9.97. The molecule has 14 heavy (non-hydrogen) atoms. The van der Waals surface area contributed by atoms with Crippen molar-refractivity contribution in [3.05, 3.63) is 51.4 Å². The van der Waals surface area contributed by atoms with Gasteiger partial charge in [0.25, 0.3) is 0 Å². The Bertz CT molecular complexity index is 397. The highest BCUT2D eigenvalue weighted by atomic mass is 35.5. The van der Waals surface area contributed by atoms with E-state index in [1.165, 1.54) is 0 Å². The highest BCUT2D eigenvalue weighted by Gasteiger charge is 2.08. The molecule has 0 spiro atoms. The van der Waals surface area contributed by atoms with Crippen molar-refractivity contribution in [2.24, 2.45) is 5.73 Å². The quantitative estimate of drug-likeness (QED) is 0.797. The molecule has 4 heteroatoms. The Morgan fingerprint density at radius 1 is 1.29 bits per heavy atom. The van der Waals surface area contributed by atoms with E-state index in [0.717, 1.165) is 11.1 Å². The number of thiophene rings is 1. The topological polar surface area (TPSA) is 38.9 Å². The van der Waals surface area contributed by atoms with Crippen molar-refractivity contribution in [3.63, 3.8) is 0 Å². The van der Waals surface area contributed by atoms with E-state index >= 15 is 0 Å². The van der Waals surface area contributed by atoms with Crippen molar-refractivity contribution < 1.29 is 0 Å². The lowest BCUT2D eigenvalue weighted by Gasteiger charge is -2.09. The van der Waals surface area contributed by atoms with Crippen LogP contribution in [0.1, 0.15) is 17.2 Å². The number of rotatable bonds is 2. The third kappa shape index (κ3) is 1.95. The number of hydrogen-bond acceptors (Lipinski definition) is 3. The van der Waals surface area contributed by atoms with E-state index in [9.17, 15) is 0 Å². The Morgan fingerprint density at radius 2 is 2.14 bits per heavy atom. The highest BCUT2D eigenvalue weighted by molar-refractivity contribution is 7.08. The first-order chi connectivity index (χ1) is 6.77. The molecule has 2 heterocycles. The van der Waals surface area contributed by atoms with Gasteiger partial charge in [-0.05, 0) is 34.0 Å². The maximum atomic E-state index is 6.03. The summed E-state index contributed by atoms with van der Waals surface area (Å²) in [7, 11) is 0. The number of nitrogens with two attached hydrogens (primary N) is 1. The van der Waals surface area contributed by atoms with Crippen molar-refractivity contribution in [3.8, 4) is 0 Å². The molecule has 0 fully saturated rings. The lowest BCUT2D eigenvalue weighted by Crippen LogP contribution is -2.10. The molecule has 0 aliphatic carbocycles. The molecule has 2 aromatic rings. The third-order valence-electron chi connectivity index (χ3n) is 2.01. The molecule has 2 aromatic heterocycles. The first-order valence-electron chi connectivity index (χ1n) is 4.16. The molecule has 1 atom stereocenters. The average Bonchev–Trinajstić information content (AvgIpc) is 2.71. The summed E-state index contributed by atoms with van der Waals surface area (Å²) in [5.74, 6) is 0. The molecule has 2 nitrogen and oxygen atoms in total. The summed E-state index contributed by atoms with van der Waals surface area (Å²) in [6.07, 6.45) is 1.71. The minimum atomic E-state index is -0.106. The predicted molar refractivity (Wildman–Crippen MR) is 59.6 cm³/mol. The summed E-state index contributed by atoms with van der Waals surface area (Å²) in [6, 6.07) is 5.57. The number of aromatic nitrogens is 1. The highest BCUT2D eigenvalue weighted by Crippen LogP contribution is 2.21. The summed E-state index contributed by atoms with van der Waals surface area (Å²) in [5, 5.41) is 4.55. The average molecular weight is 225 g/mol. The zero-order valence-electron chi connectivity index (χ0n) is 7.35. The van der Waals surface area contributed by atoms with Crippen LogP contribution in [0.4, 0.5) is 0 Å². The summed E-state index contributed by atoms with van der Waals surface area (Å²) < 4.78 is 0. The van der Waals surface area contributed by atoms with Gasteiger partial charge in [0, 0.05) is 6.20 Å². The van der Waals surface area contributed by atoms with Gasteiger partial charge in [-0.1, -0.05) is 17.7 Å². The SMILES string of the molecule is N[C@@H](c1ccc(Cl)nc1)c1ccsc1. The zero-order valence-corrected chi connectivity index (χ0v) is 8.92. The Labute approximate surface area is 91.4 Å². The number of hydrogen-bond donors (Lipinski definition) is 1. The molecule has 0 aromatic carbocycles. The third-order valence-corrected chi connectivity index (χ3v) is 2.94. The number of pyridine rings is 1. The normalized spacial score (nSPS) is 12.7. The van der Waals surface area contributed by atoms with Crippen molar-refractivity contribution in [2.45, 2.75) is 6.04 Å². The molecule has 0 amide bonds. The van der Waals surface area contributed by atoms with E-state index < -0.39 is 0 Å². The van der Waals surface area contributed by atoms with Crippen molar-refractivity contribution in [1.29, 1.82) is 0 Å². The molecular weight excluding hydrogens is 216 g/mol. The lowest BCUT2D eigenvalue weighted by atomic mass is 10.1.